The summed E-state index contributed by atoms with van der Waals surface area (Å²) in [6.07, 6.45) is 47.0. The Bertz CT molecular complexity index is 1160. The number of quaternary nitrogens is 1. The number of carbonyl (C=O) groups excluding carboxylic acids is 2. The first-order chi connectivity index (χ1) is 27.5. The Morgan fingerprint density at radius 1 is 0.561 bits per heavy atom. The Labute approximate surface area is 349 Å². The molecule has 0 heterocycles. The first-order valence-electron chi connectivity index (χ1n) is 22.5. The predicted molar refractivity (Wildman–Crippen MR) is 238 cm³/mol. The minimum Gasteiger partial charge on any atom is -0.462 e. The van der Waals surface area contributed by atoms with Crippen molar-refractivity contribution < 1.29 is 42.1 Å². The Hall–Kier alpha value is -2.29. The van der Waals surface area contributed by atoms with Crippen LogP contribution < -0.4 is 0 Å². The molecular weight excluding hydrogens is 737 g/mol. The SMILES string of the molecule is CC/C=C/C/C=C/C/C=C/C/C=C/C/C=C/CCCC(=O)O[C@H](COC(=O)CCCCCCCCCCCCCCCCCC)COP(=O)(O)OCC[N+](C)(C)C. The third kappa shape index (κ3) is 43.1. The lowest BCUT2D eigenvalue weighted by molar-refractivity contribution is -0.870. The highest BCUT2D eigenvalue weighted by atomic mass is 31.2. The summed E-state index contributed by atoms with van der Waals surface area (Å²) in [5.74, 6) is -0.866. The molecule has 0 bridgehead atoms. The van der Waals surface area contributed by atoms with Crippen LogP contribution in [0.3, 0.4) is 0 Å². The summed E-state index contributed by atoms with van der Waals surface area (Å²) in [5, 5.41) is 0. The number of likely N-dealkylation sites (N-methyl/N-ethyl adjacent to an activating group) is 1. The van der Waals surface area contributed by atoms with Crippen LogP contribution in [0.25, 0.3) is 0 Å². The molecule has 0 radical (unpaired) electrons. The van der Waals surface area contributed by atoms with E-state index in [0.29, 0.717) is 23.9 Å². The van der Waals surface area contributed by atoms with Crippen molar-refractivity contribution in [1.82, 2.24) is 0 Å². The number of unbranched alkanes of at least 4 members (excludes halogenated alkanes) is 16. The number of hydrogen-bond acceptors (Lipinski definition) is 7. The van der Waals surface area contributed by atoms with Crippen LogP contribution >= 0.6 is 7.82 Å². The van der Waals surface area contributed by atoms with Crippen LogP contribution in [0.1, 0.15) is 174 Å². The van der Waals surface area contributed by atoms with Gasteiger partial charge in [0.05, 0.1) is 27.7 Å². The van der Waals surface area contributed by atoms with Crippen LogP contribution in [-0.4, -0.2) is 74.9 Å². The van der Waals surface area contributed by atoms with E-state index in [1.165, 1.54) is 83.5 Å². The molecule has 0 saturated heterocycles. The molecule has 0 aromatic rings. The van der Waals surface area contributed by atoms with Crippen LogP contribution in [-0.2, 0) is 32.7 Å². The number of hydrogen-bond donors (Lipinski definition) is 1. The van der Waals surface area contributed by atoms with Crippen molar-refractivity contribution in [2.75, 3.05) is 47.5 Å². The van der Waals surface area contributed by atoms with E-state index in [4.69, 9.17) is 18.5 Å². The monoisotopic (exact) mass is 823 g/mol. The zero-order valence-corrected chi connectivity index (χ0v) is 38.0. The van der Waals surface area contributed by atoms with E-state index in [1.54, 1.807) is 0 Å². The van der Waals surface area contributed by atoms with Crippen molar-refractivity contribution in [3.05, 3.63) is 60.8 Å². The molecule has 0 spiro atoms. The third-order valence-electron chi connectivity index (χ3n) is 9.31. The molecule has 0 aromatic heterocycles. The van der Waals surface area contributed by atoms with Gasteiger partial charge in [0.25, 0.3) is 0 Å². The van der Waals surface area contributed by atoms with Gasteiger partial charge in [0.2, 0.25) is 0 Å². The first-order valence-corrected chi connectivity index (χ1v) is 24.0. The maximum atomic E-state index is 12.7. The number of rotatable bonds is 40. The largest absolute Gasteiger partial charge is 0.472 e. The van der Waals surface area contributed by atoms with Crippen LogP contribution in [0, 0.1) is 0 Å². The minimum absolute atomic E-state index is 0.0197. The van der Waals surface area contributed by atoms with Gasteiger partial charge < -0.3 is 18.9 Å². The summed E-state index contributed by atoms with van der Waals surface area (Å²) < 4.78 is 34.3. The lowest BCUT2D eigenvalue weighted by Crippen LogP contribution is -2.37. The van der Waals surface area contributed by atoms with Crippen LogP contribution in [0.15, 0.2) is 60.8 Å². The summed E-state index contributed by atoms with van der Waals surface area (Å²) in [5.41, 5.74) is 0. The average Bonchev–Trinajstić information content (AvgIpc) is 3.16. The zero-order chi connectivity index (χ0) is 42.1. The van der Waals surface area contributed by atoms with Gasteiger partial charge in [-0.15, -0.1) is 0 Å². The van der Waals surface area contributed by atoms with E-state index in [-0.39, 0.29) is 32.0 Å². The van der Waals surface area contributed by atoms with E-state index in [1.807, 2.05) is 27.2 Å². The first kappa shape index (κ1) is 54.7. The van der Waals surface area contributed by atoms with Gasteiger partial charge in [0.15, 0.2) is 6.10 Å². The summed E-state index contributed by atoms with van der Waals surface area (Å²) >= 11 is 0. The molecule has 0 aliphatic rings. The molecule has 0 amide bonds. The highest BCUT2D eigenvalue weighted by molar-refractivity contribution is 7.47. The third-order valence-corrected chi connectivity index (χ3v) is 10.3. The van der Waals surface area contributed by atoms with Crippen LogP contribution in [0.4, 0.5) is 0 Å². The molecule has 0 aliphatic heterocycles. The molecule has 0 fully saturated rings. The molecule has 0 saturated carbocycles. The van der Waals surface area contributed by atoms with Gasteiger partial charge in [-0.2, -0.15) is 0 Å². The number of phosphoric ester groups is 1. The lowest BCUT2D eigenvalue weighted by atomic mass is 10.0. The Balaban J connectivity index is 4.44. The molecule has 1 unspecified atom stereocenters. The predicted octanol–water partition coefficient (Wildman–Crippen LogP) is 12.9. The fourth-order valence-electron chi connectivity index (χ4n) is 5.81. The van der Waals surface area contributed by atoms with Gasteiger partial charge in [-0.1, -0.05) is 171 Å². The Kier molecular flexibility index (Phi) is 37.6. The number of carbonyl (C=O) groups is 2. The molecule has 0 rings (SSSR count). The quantitative estimate of drug-likeness (QED) is 0.0214. The maximum Gasteiger partial charge on any atom is 0.472 e. The van der Waals surface area contributed by atoms with E-state index >= 15 is 0 Å². The molecule has 57 heavy (non-hydrogen) atoms. The second-order valence-corrected chi connectivity index (χ2v) is 17.5. The molecule has 10 heteroatoms. The average molecular weight is 823 g/mol. The van der Waals surface area contributed by atoms with Gasteiger partial charge >= 0.3 is 19.8 Å². The molecule has 9 nitrogen and oxygen atoms in total. The molecule has 1 N–H and O–H groups in total. The number of nitrogens with zero attached hydrogens (tertiary/aromatic N) is 1. The lowest BCUT2D eigenvalue weighted by Gasteiger charge is -2.24. The Morgan fingerprint density at radius 2 is 1.00 bits per heavy atom. The fourth-order valence-corrected chi connectivity index (χ4v) is 6.56. The maximum absolute atomic E-state index is 12.7. The fraction of sp³-hybridized carbons (Fsp3) is 0.745. The van der Waals surface area contributed by atoms with E-state index in [9.17, 15) is 19.0 Å². The molecule has 0 aromatic carbocycles. The molecule has 330 valence electrons. The van der Waals surface area contributed by atoms with Crippen LogP contribution in [0.2, 0.25) is 0 Å². The summed E-state index contributed by atoms with van der Waals surface area (Å²) in [6, 6.07) is 0. The van der Waals surface area contributed by atoms with E-state index < -0.39 is 26.5 Å². The molecule has 0 aliphatic carbocycles. The van der Waals surface area contributed by atoms with Crippen molar-refractivity contribution in [2.24, 2.45) is 0 Å². The Morgan fingerprint density at radius 3 is 1.47 bits per heavy atom. The van der Waals surface area contributed by atoms with Gasteiger partial charge in [-0.3, -0.25) is 18.6 Å². The topological polar surface area (TPSA) is 108 Å². The highest BCUT2D eigenvalue weighted by Gasteiger charge is 2.27. The van der Waals surface area contributed by atoms with Crippen molar-refractivity contribution in [3.63, 3.8) is 0 Å². The summed E-state index contributed by atoms with van der Waals surface area (Å²) in [7, 11) is 1.44. The van der Waals surface area contributed by atoms with Gasteiger partial charge in [0, 0.05) is 12.8 Å². The molecular formula is C47H85NO8P+. The normalized spacial score (nSPS) is 14.1. The van der Waals surface area contributed by atoms with Crippen molar-refractivity contribution in [3.8, 4) is 0 Å². The van der Waals surface area contributed by atoms with E-state index in [2.05, 4.69) is 68.5 Å². The number of phosphoric acid groups is 1. The summed E-state index contributed by atoms with van der Waals surface area (Å²) in [6.45, 7) is 4.24. The van der Waals surface area contributed by atoms with Crippen LogP contribution in [0.5, 0.6) is 0 Å². The van der Waals surface area contributed by atoms with Gasteiger partial charge in [-0.25, -0.2) is 4.57 Å². The number of ether oxygens (including phenoxy) is 2. The van der Waals surface area contributed by atoms with E-state index in [0.717, 1.165) is 51.4 Å². The van der Waals surface area contributed by atoms with Gasteiger partial charge in [-0.05, 0) is 51.4 Å². The minimum atomic E-state index is -4.39. The van der Waals surface area contributed by atoms with Crippen molar-refractivity contribution in [1.29, 1.82) is 0 Å². The summed E-state index contributed by atoms with van der Waals surface area (Å²) in [4.78, 5) is 35.4. The second kappa shape index (κ2) is 39.2. The smallest absolute Gasteiger partial charge is 0.462 e. The highest BCUT2D eigenvalue weighted by Crippen LogP contribution is 2.43. The zero-order valence-electron chi connectivity index (χ0n) is 37.1. The standard InChI is InChI=1S/C47H84NO8P/c1-6-8-10-12-14-16-18-20-22-24-26-28-30-32-34-36-38-40-47(50)56-45(44-55-57(51,52)54-42-41-48(3,4)5)43-53-46(49)39-37-35-33-31-29-27-25-23-21-19-17-15-13-11-9-7-2/h8,10,14,16,20,22,26,28,32,34,45H,6-7,9,11-13,15,17-19,21,23-25,27,29-31,33,35-44H2,1-5H3/p+1/b10-8+,16-14+,22-20+,28-26+,34-32+/t45-/m1/s1. The number of esters is 2. The van der Waals surface area contributed by atoms with Crippen molar-refractivity contribution >= 4 is 19.8 Å². The second-order valence-electron chi connectivity index (χ2n) is 16.1. The van der Waals surface area contributed by atoms with Crippen molar-refractivity contribution in [2.45, 2.75) is 180 Å². The van der Waals surface area contributed by atoms with Gasteiger partial charge in [0.1, 0.15) is 19.8 Å². The number of allylic oxidation sites excluding steroid dienone is 10. The molecule has 2 atom stereocenters.